The zero-order valence-corrected chi connectivity index (χ0v) is 13.4. The van der Waals surface area contributed by atoms with Crippen molar-refractivity contribution in [3.63, 3.8) is 0 Å². The van der Waals surface area contributed by atoms with E-state index in [0.29, 0.717) is 0 Å². The van der Waals surface area contributed by atoms with Gasteiger partial charge in [0.1, 0.15) is 0 Å². The minimum atomic E-state index is -1.38. The van der Waals surface area contributed by atoms with E-state index < -0.39 is 33.4 Å². The topological polar surface area (TPSA) is 106 Å². The summed E-state index contributed by atoms with van der Waals surface area (Å²) < 4.78 is -1.38. The van der Waals surface area contributed by atoms with Gasteiger partial charge in [-0.05, 0) is 24.3 Å². The van der Waals surface area contributed by atoms with Crippen LogP contribution in [0.25, 0.3) is 0 Å². The Hall–Kier alpha value is -1.53. The number of benzene rings is 1. The van der Waals surface area contributed by atoms with E-state index in [9.17, 15) is 19.8 Å². The molecular weight excluding hydrogens is 302 g/mol. The lowest BCUT2D eigenvalue weighted by molar-refractivity contribution is -0.324. The van der Waals surface area contributed by atoms with Crippen LogP contribution in [0.2, 0.25) is 0 Å². The molecule has 5 nitrogen and oxygen atoms in total. The van der Waals surface area contributed by atoms with Crippen molar-refractivity contribution < 1.29 is 19.8 Å². The average molecular weight is 321 g/mol. The van der Waals surface area contributed by atoms with E-state index >= 15 is 0 Å². The van der Waals surface area contributed by atoms with Crippen molar-refractivity contribution in [1.82, 2.24) is 0 Å². The van der Waals surface area contributed by atoms with Crippen molar-refractivity contribution in [1.29, 1.82) is 0 Å². The lowest BCUT2D eigenvalue weighted by Crippen LogP contribution is -2.57. The highest BCUT2D eigenvalue weighted by molar-refractivity contribution is 8.02. The highest BCUT2D eigenvalue weighted by atomic mass is 32.2. The Balaban J connectivity index is 2.49. The molecule has 0 aromatic heterocycles. The van der Waals surface area contributed by atoms with Crippen LogP contribution in [0.1, 0.15) is 25.8 Å². The van der Waals surface area contributed by atoms with Gasteiger partial charge in [0.25, 0.3) is 0 Å². The van der Waals surface area contributed by atoms with Crippen LogP contribution >= 0.6 is 11.8 Å². The number of rotatable bonds is 5. The summed E-state index contributed by atoms with van der Waals surface area (Å²) >= 11 is 0.979. The van der Waals surface area contributed by atoms with Gasteiger partial charge in [0.2, 0.25) is 0 Å². The maximum absolute atomic E-state index is 11.9. The van der Waals surface area contributed by atoms with Gasteiger partial charge in [-0.3, -0.25) is 0 Å². The highest BCUT2D eigenvalue weighted by Gasteiger charge is 2.60. The highest BCUT2D eigenvalue weighted by Crippen LogP contribution is 2.58. The quantitative estimate of drug-likeness (QED) is 0.786. The molecule has 1 saturated heterocycles. The first-order valence-corrected chi connectivity index (χ1v) is 8.09. The monoisotopic (exact) mass is 321 g/mol. The van der Waals surface area contributed by atoms with Crippen molar-refractivity contribution >= 4 is 23.7 Å². The first kappa shape index (κ1) is 16.8. The van der Waals surface area contributed by atoms with E-state index in [2.05, 4.69) is 0 Å². The Morgan fingerprint density at radius 1 is 1.23 bits per heavy atom. The molecule has 1 fully saturated rings. The minimum absolute atomic E-state index is 0.171. The van der Waals surface area contributed by atoms with Gasteiger partial charge in [-0.2, -0.15) is 0 Å². The number of carbonyl (C=O) groups excluding carboxylic acids is 2. The second kappa shape index (κ2) is 5.93. The van der Waals surface area contributed by atoms with Gasteiger partial charge >= 0.3 is 0 Å². The molecule has 1 aromatic rings. The normalized spacial score (nSPS) is 34.5. The van der Waals surface area contributed by atoms with E-state index in [0.717, 1.165) is 17.3 Å². The van der Waals surface area contributed by atoms with E-state index in [-0.39, 0.29) is 12.8 Å². The standard InChI is InChI=1S/C16H21NO4S/c1-3-15(13(18)19)10(2)16(14(20)21,22-12(15)17)9-11-7-5-4-6-8-11/h4-8,10,12H,3,9,17H2,1-2H3,(H,18,19)(H,20,21)/p-2. The summed E-state index contributed by atoms with van der Waals surface area (Å²) in [6.07, 6.45) is 0.388. The molecule has 2 rings (SSSR count). The fraction of sp³-hybridized carbons (Fsp3) is 0.500. The largest absolute Gasteiger partial charge is 0.549 e. The van der Waals surface area contributed by atoms with Crippen molar-refractivity contribution in [3.05, 3.63) is 35.9 Å². The lowest BCUT2D eigenvalue weighted by Gasteiger charge is -2.41. The summed E-state index contributed by atoms with van der Waals surface area (Å²) in [5, 5.41) is 22.8. The van der Waals surface area contributed by atoms with E-state index in [1.165, 1.54) is 0 Å². The molecule has 0 radical (unpaired) electrons. The predicted molar refractivity (Wildman–Crippen MR) is 80.3 cm³/mol. The number of thioether (sulfide) groups is 1. The Bertz CT molecular complexity index is 579. The number of hydrogen-bond donors (Lipinski definition) is 1. The number of hydrogen-bond acceptors (Lipinski definition) is 6. The van der Waals surface area contributed by atoms with Crippen LogP contribution in [0.3, 0.4) is 0 Å². The molecule has 0 aliphatic carbocycles. The molecule has 0 bridgehead atoms. The fourth-order valence-electron chi connectivity index (χ4n) is 3.43. The number of carboxylic acids is 2. The summed E-state index contributed by atoms with van der Waals surface area (Å²) in [5.74, 6) is -3.28. The first-order chi connectivity index (χ1) is 10.3. The number of carbonyl (C=O) groups is 2. The molecule has 0 amide bonds. The minimum Gasteiger partial charge on any atom is -0.549 e. The van der Waals surface area contributed by atoms with Crippen molar-refractivity contribution in [2.75, 3.05) is 0 Å². The lowest BCUT2D eigenvalue weighted by atomic mass is 9.67. The second-order valence-corrected chi connectivity index (χ2v) is 7.25. The van der Waals surface area contributed by atoms with Crippen LogP contribution in [-0.4, -0.2) is 22.1 Å². The Labute approximate surface area is 133 Å². The fourth-order valence-corrected chi connectivity index (χ4v) is 5.32. The molecule has 1 aliphatic heterocycles. The molecule has 2 N–H and O–H groups in total. The van der Waals surface area contributed by atoms with E-state index in [4.69, 9.17) is 5.73 Å². The molecule has 0 saturated carbocycles. The van der Waals surface area contributed by atoms with Crippen LogP contribution in [-0.2, 0) is 16.0 Å². The molecular formula is C16H19NO4S-2. The molecule has 4 unspecified atom stereocenters. The molecule has 1 aliphatic rings. The van der Waals surface area contributed by atoms with Crippen LogP contribution < -0.4 is 15.9 Å². The Morgan fingerprint density at radius 2 is 1.82 bits per heavy atom. The number of aliphatic carboxylic acids is 2. The maximum atomic E-state index is 11.9. The number of carboxylic acid groups (broad SMARTS) is 2. The van der Waals surface area contributed by atoms with Gasteiger partial charge in [-0.15, -0.1) is 11.8 Å². The Kier molecular flexibility index (Phi) is 4.54. The van der Waals surface area contributed by atoms with Gasteiger partial charge < -0.3 is 25.5 Å². The molecule has 6 heteroatoms. The van der Waals surface area contributed by atoms with Gasteiger partial charge in [0, 0.05) is 5.41 Å². The van der Waals surface area contributed by atoms with E-state index in [1.54, 1.807) is 13.8 Å². The van der Waals surface area contributed by atoms with Crippen LogP contribution in [0, 0.1) is 11.3 Å². The second-order valence-electron chi connectivity index (χ2n) is 5.78. The van der Waals surface area contributed by atoms with Gasteiger partial charge in [0.05, 0.1) is 22.1 Å². The predicted octanol–water partition coefficient (Wildman–Crippen LogP) is -0.468. The maximum Gasteiger partial charge on any atom is 0.0644 e. The van der Waals surface area contributed by atoms with E-state index in [1.807, 2.05) is 30.3 Å². The third-order valence-electron chi connectivity index (χ3n) is 4.94. The molecule has 1 aromatic carbocycles. The molecule has 1 heterocycles. The van der Waals surface area contributed by atoms with Crippen LogP contribution in [0.15, 0.2) is 30.3 Å². The van der Waals surface area contributed by atoms with Crippen molar-refractivity contribution in [3.8, 4) is 0 Å². The van der Waals surface area contributed by atoms with Crippen LogP contribution in [0.4, 0.5) is 0 Å². The molecule has 22 heavy (non-hydrogen) atoms. The number of nitrogens with two attached hydrogens (primary N) is 1. The third kappa shape index (κ3) is 2.30. The average Bonchev–Trinajstić information content (AvgIpc) is 2.69. The molecule has 120 valence electrons. The van der Waals surface area contributed by atoms with Gasteiger partial charge in [-0.1, -0.05) is 44.2 Å². The third-order valence-corrected chi connectivity index (χ3v) is 6.70. The summed E-state index contributed by atoms with van der Waals surface area (Å²) in [7, 11) is 0. The smallest absolute Gasteiger partial charge is 0.0644 e. The summed E-state index contributed by atoms with van der Waals surface area (Å²) in [5.41, 5.74) is 5.47. The van der Waals surface area contributed by atoms with Crippen LogP contribution in [0.5, 0.6) is 0 Å². The molecule has 4 atom stereocenters. The zero-order valence-electron chi connectivity index (χ0n) is 12.6. The summed E-state index contributed by atoms with van der Waals surface area (Å²) in [4.78, 5) is 23.6. The SMILES string of the molecule is CCC1(C(=O)[O-])C(N)SC(Cc2ccccc2)(C(=O)[O-])C1C. The summed E-state index contributed by atoms with van der Waals surface area (Å²) in [6, 6.07) is 9.09. The van der Waals surface area contributed by atoms with Gasteiger partial charge in [-0.25, -0.2) is 0 Å². The molecule has 0 spiro atoms. The first-order valence-electron chi connectivity index (χ1n) is 7.21. The summed E-state index contributed by atoms with van der Waals surface area (Å²) in [6.45, 7) is 3.32. The Morgan fingerprint density at radius 3 is 2.23 bits per heavy atom. The van der Waals surface area contributed by atoms with Crippen molar-refractivity contribution in [2.24, 2.45) is 17.1 Å². The zero-order chi connectivity index (χ0) is 16.5. The van der Waals surface area contributed by atoms with Gasteiger partial charge in [0.15, 0.2) is 0 Å². The van der Waals surface area contributed by atoms with Crippen molar-refractivity contribution in [2.45, 2.75) is 36.8 Å².